The molecule has 0 bridgehead atoms. The lowest BCUT2D eigenvalue weighted by atomic mass is 9.98. The van der Waals surface area contributed by atoms with Crippen LogP contribution in [0, 0.1) is 0 Å². The molecule has 2 nitrogen and oxygen atoms in total. The van der Waals surface area contributed by atoms with Crippen molar-refractivity contribution in [1.29, 1.82) is 0 Å². The van der Waals surface area contributed by atoms with E-state index in [0.29, 0.717) is 6.04 Å². The van der Waals surface area contributed by atoms with Crippen molar-refractivity contribution in [1.82, 2.24) is 4.90 Å². The number of thiophene rings is 1. The molecule has 1 saturated heterocycles. The first kappa shape index (κ1) is 13.1. The minimum Gasteiger partial charge on any atom is -0.330 e. The maximum atomic E-state index is 5.76. The second-order valence-corrected chi connectivity index (χ2v) is 6.37. The summed E-state index contributed by atoms with van der Waals surface area (Å²) in [6.45, 7) is 3.13. The van der Waals surface area contributed by atoms with Crippen LogP contribution >= 0.6 is 11.3 Å². The van der Waals surface area contributed by atoms with Crippen LogP contribution in [0.4, 0.5) is 0 Å². The topological polar surface area (TPSA) is 29.3 Å². The van der Waals surface area contributed by atoms with Gasteiger partial charge in [0.05, 0.1) is 0 Å². The smallest absolute Gasteiger partial charge is 0.0346 e. The second kappa shape index (κ2) is 6.04. The molecule has 0 spiro atoms. The average Bonchev–Trinajstić information content (AvgIpc) is 2.85. The van der Waals surface area contributed by atoms with E-state index in [0.717, 1.165) is 19.5 Å². The van der Waals surface area contributed by atoms with Gasteiger partial charge in [-0.25, -0.2) is 0 Å². The number of hydrogen-bond donors (Lipinski definition) is 1. The number of nitrogens with zero attached hydrogens (tertiary/aromatic N) is 1. The van der Waals surface area contributed by atoms with E-state index in [4.69, 9.17) is 5.73 Å². The maximum absolute atomic E-state index is 5.76. The van der Waals surface area contributed by atoms with E-state index in [1.54, 1.807) is 0 Å². The van der Waals surface area contributed by atoms with E-state index in [1.165, 1.54) is 41.5 Å². The summed E-state index contributed by atoms with van der Waals surface area (Å²) in [7, 11) is 0. The first-order chi connectivity index (χ1) is 9.38. The van der Waals surface area contributed by atoms with Gasteiger partial charge in [0.15, 0.2) is 0 Å². The molecular formula is C16H22N2S. The summed E-state index contributed by atoms with van der Waals surface area (Å²) in [6, 6.07) is 9.44. The number of rotatable bonds is 4. The molecular weight excluding hydrogens is 252 g/mol. The number of likely N-dealkylation sites (tertiary alicyclic amines) is 1. The molecule has 3 heteroatoms. The van der Waals surface area contributed by atoms with Crippen molar-refractivity contribution in [3.63, 3.8) is 0 Å². The molecule has 0 aliphatic carbocycles. The highest BCUT2D eigenvalue weighted by Crippen LogP contribution is 2.29. The first-order valence-corrected chi connectivity index (χ1v) is 8.15. The molecule has 1 aliphatic heterocycles. The molecule has 1 aromatic heterocycles. The van der Waals surface area contributed by atoms with Crippen LogP contribution in [0.15, 0.2) is 29.6 Å². The van der Waals surface area contributed by atoms with Crippen molar-refractivity contribution < 1.29 is 0 Å². The molecule has 2 heterocycles. The summed E-state index contributed by atoms with van der Waals surface area (Å²) in [5.74, 6) is 0. The van der Waals surface area contributed by atoms with Gasteiger partial charge in [-0.2, -0.15) is 0 Å². The predicted octanol–water partition coefficient (Wildman–Crippen LogP) is 3.60. The lowest BCUT2D eigenvalue weighted by molar-refractivity contribution is 0.134. The number of piperidine rings is 1. The van der Waals surface area contributed by atoms with Crippen LogP contribution in [0.1, 0.15) is 31.2 Å². The summed E-state index contributed by atoms with van der Waals surface area (Å²) in [4.78, 5) is 2.64. The summed E-state index contributed by atoms with van der Waals surface area (Å²) >= 11 is 1.87. The Morgan fingerprint density at radius 2 is 2.16 bits per heavy atom. The third kappa shape index (κ3) is 2.83. The van der Waals surface area contributed by atoms with Crippen molar-refractivity contribution in [3.05, 3.63) is 35.2 Å². The Bertz CT molecular complexity index is 532. The van der Waals surface area contributed by atoms with Crippen molar-refractivity contribution in [2.75, 3.05) is 13.1 Å². The van der Waals surface area contributed by atoms with Gasteiger partial charge in [0.1, 0.15) is 0 Å². The van der Waals surface area contributed by atoms with Gasteiger partial charge in [-0.15, -0.1) is 11.3 Å². The van der Waals surface area contributed by atoms with E-state index in [2.05, 4.69) is 34.5 Å². The Morgan fingerprint density at radius 3 is 3.05 bits per heavy atom. The zero-order valence-electron chi connectivity index (χ0n) is 11.3. The molecule has 1 fully saturated rings. The molecule has 0 amide bonds. The second-order valence-electron chi connectivity index (χ2n) is 5.45. The van der Waals surface area contributed by atoms with Gasteiger partial charge in [-0.05, 0) is 54.7 Å². The molecule has 1 aliphatic rings. The Kier molecular flexibility index (Phi) is 4.16. The van der Waals surface area contributed by atoms with Gasteiger partial charge in [0.2, 0.25) is 0 Å². The molecule has 19 heavy (non-hydrogen) atoms. The van der Waals surface area contributed by atoms with Crippen LogP contribution in [-0.4, -0.2) is 24.0 Å². The van der Waals surface area contributed by atoms with Crippen LogP contribution in [0.3, 0.4) is 0 Å². The van der Waals surface area contributed by atoms with Crippen molar-refractivity contribution in [2.45, 2.75) is 38.3 Å². The zero-order valence-corrected chi connectivity index (χ0v) is 12.2. The highest BCUT2D eigenvalue weighted by atomic mass is 32.1. The fourth-order valence-electron chi connectivity index (χ4n) is 3.16. The summed E-state index contributed by atoms with van der Waals surface area (Å²) in [6.07, 6.45) is 5.16. The van der Waals surface area contributed by atoms with Gasteiger partial charge < -0.3 is 5.73 Å². The predicted molar refractivity (Wildman–Crippen MR) is 83.5 cm³/mol. The SMILES string of the molecule is NCCC1CCCCN1Cc1csc2ccccc12. The monoisotopic (exact) mass is 274 g/mol. The summed E-state index contributed by atoms with van der Waals surface area (Å²) in [5, 5.41) is 3.77. The van der Waals surface area contributed by atoms with Crippen LogP contribution in [0.5, 0.6) is 0 Å². The summed E-state index contributed by atoms with van der Waals surface area (Å²) in [5.41, 5.74) is 7.25. The third-order valence-electron chi connectivity index (χ3n) is 4.18. The minimum atomic E-state index is 0.692. The summed E-state index contributed by atoms with van der Waals surface area (Å²) < 4.78 is 1.41. The van der Waals surface area contributed by atoms with E-state index < -0.39 is 0 Å². The average molecular weight is 274 g/mol. The molecule has 2 N–H and O–H groups in total. The van der Waals surface area contributed by atoms with E-state index in [1.807, 2.05) is 11.3 Å². The van der Waals surface area contributed by atoms with E-state index in [-0.39, 0.29) is 0 Å². The van der Waals surface area contributed by atoms with Crippen LogP contribution in [-0.2, 0) is 6.54 Å². The Labute approximate surface area is 119 Å². The number of nitrogens with two attached hydrogens (primary N) is 1. The third-order valence-corrected chi connectivity index (χ3v) is 5.20. The fraction of sp³-hybridized carbons (Fsp3) is 0.500. The molecule has 3 rings (SSSR count). The quantitative estimate of drug-likeness (QED) is 0.923. The maximum Gasteiger partial charge on any atom is 0.0346 e. The van der Waals surface area contributed by atoms with Gasteiger partial charge in [0.25, 0.3) is 0 Å². The minimum absolute atomic E-state index is 0.692. The molecule has 1 aromatic carbocycles. The molecule has 102 valence electrons. The van der Waals surface area contributed by atoms with Crippen molar-refractivity contribution in [2.24, 2.45) is 5.73 Å². The van der Waals surface area contributed by atoms with Gasteiger partial charge in [-0.3, -0.25) is 4.90 Å². The van der Waals surface area contributed by atoms with Gasteiger partial charge in [0, 0.05) is 17.3 Å². The standard InChI is InChI=1S/C16H22N2S/c17-9-8-14-5-3-4-10-18(14)11-13-12-19-16-7-2-1-6-15(13)16/h1-2,6-7,12,14H,3-5,8-11,17H2. The lowest BCUT2D eigenvalue weighted by Gasteiger charge is -2.35. The number of benzene rings is 1. The first-order valence-electron chi connectivity index (χ1n) is 7.27. The number of hydrogen-bond acceptors (Lipinski definition) is 3. The van der Waals surface area contributed by atoms with Gasteiger partial charge in [-0.1, -0.05) is 24.6 Å². The molecule has 1 atom stereocenters. The lowest BCUT2D eigenvalue weighted by Crippen LogP contribution is -2.40. The Morgan fingerprint density at radius 1 is 1.26 bits per heavy atom. The molecule has 0 saturated carbocycles. The van der Waals surface area contributed by atoms with Crippen LogP contribution < -0.4 is 5.73 Å². The largest absolute Gasteiger partial charge is 0.330 e. The Balaban J connectivity index is 1.79. The highest BCUT2D eigenvalue weighted by molar-refractivity contribution is 7.17. The van der Waals surface area contributed by atoms with E-state index in [9.17, 15) is 0 Å². The van der Waals surface area contributed by atoms with Crippen LogP contribution in [0.25, 0.3) is 10.1 Å². The fourth-order valence-corrected chi connectivity index (χ4v) is 4.12. The Hall–Kier alpha value is -0.900. The number of fused-ring (bicyclic) bond motifs is 1. The highest BCUT2D eigenvalue weighted by Gasteiger charge is 2.22. The van der Waals surface area contributed by atoms with E-state index >= 15 is 0 Å². The zero-order chi connectivity index (χ0) is 13.1. The van der Waals surface area contributed by atoms with Crippen LogP contribution in [0.2, 0.25) is 0 Å². The van der Waals surface area contributed by atoms with Crippen molar-refractivity contribution in [3.8, 4) is 0 Å². The molecule has 0 radical (unpaired) electrons. The normalized spacial score (nSPS) is 21.0. The van der Waals surface area contributed by atoms with Gasteiger partial charge >= 0.3 is 0 Å². The molecule has 1 unspecified atom stereocenters. The molecule has 2 aromatic rings. The van der Waals surface area contributed by atoms with Crippen molar-refractivity contribution >= 4 is 21.4 Å².